The summed E-state index contributed by atoms with van der Waals surface area (Å²) in [5.74, 6) is 0.588. The smallest absolute Gasteiger partial charge is 0.0868 e. The van der Waals surface area contributed by atoms with Crippen LogP contribution in [0.2, 0.25) is 0 Å². The minimum Gasteiger partial charge on any atom is -0.293 e. The Hall–Kier alpha value is -0.0800. The van der Waals surface area contributed by atoms with Crippen molar-refractivity contribution in [3.05, 3.63) is 0 Å². The maximum Gasteiger partial charge on any atom is 0.0868 e. The summed E-state index contributed by atoms with van der Waals surface area (Å²) in [4.78, 5) is 5.62. The summed E-state index contributed by atoms with van der Waals surface area (Å²) in [5.41, 5.74) is -0.0434. The van der Waals surface area contributed by atoms with E-state index in [0.29, 0.717) is 5.92 Å². The SMILES string of the molecule is CCC(C)C(C)(C)ON(C)C. The van der Waals surface area contributed by atoms with Gasteiger partial charge in [-0.3, -0.25) is 4.84 Å². The molecule has 0 amide bonds. The van der Waals surface area contributed by atoms with Gasteiger partial charge in [0.05, 0.1) is 5.60 Å². The second-order valence-electron chi connectivity index (χ2n) is 3.82. The molecule has 0 heterocycles. The zero-order valence-electron chi connectivity index (χ0n) is 8.64. The van der Waals surface area contributed by atoms with Crippen LogP contribution in [0.3, 0.4) is 0 Å². The first-order valence-corrected chi connectivity index (χ1v) is 4.26. The summed E-state index contributed by atoms with van der Waals surface area (Å²) < 4.78 is 0. The van der Waals surface area contributed by atoms with Crippen molar-refractivity contribution in [2.75, 3.05) is 14.1 Å². The Kier molecular flexibility index (Phi) is 4.04. The lowest BCUT2D eigenvalue weighted by Gasteiger charge is -2.33. The van der Waals surface area contributed by atoms with Gasteiger partial charge in [-0.15, -0.1) is 0 Å². The van der Waals surface area contributed by atoms with Gasteiger partial charge in [0, 0.05) is 14.1 Å². The molecule has 0 aliphatic rings. The average Bonchev–Trinajstić information content (AvgIpc) is 1.83. The molecule has 0 aromatic carbocycles. The Bertz CT molecular complexity index is 110. The van der Waals surface area contributed by atoms with Crippen LogP contribution >= 0.6 is 0 Å². The molecule has 0 N–H and O–H groups in total. The van der Waals surface area contributed by atoms with E-state index < -0.39 is 0 Å². The van der Waals surface area contributed by atoms with Gasteiger partial charge in [-0.2, -0.15) is 5.06 Å². The standard InChI is InChI=1S/C9H21NO/c1-7-8(2)9(3,4)11-10(5)6/h8H,7H2,1-6H3. The molecule has 0 aliphatic heterocycles. The normalized spacial score (nSPS) is 15.5. The minimum absolute atomic E-state index is 0.0434. The third-order valence-corrected chi connectivity index (χ3v) is 2.22. The van der Waals surface area contributed by atoms with Crippen molar-refractivity contribution >= 4 is 0 Å². The maximum atomic E-state index is 5.62. The van der Waals surface area contributed by atoms with Gasteiger partial charge in [0.1, 0.15) is 0 Å². The summed E-state index contributed by atoms with van der Waals surface area (Å²) in [6, 6.07) is 0. The van der Waals surface area contributed by atoms with E-state index in [1.165, 1.54) is 0 Å². The van der Waals surface area contributed by atoms with Crippen molar-refractivity contribution in [1.29, 1.82) is 0 Å². The van der Waals surface area contributed by atoms with E-state index >= 15 is 0 Å². The molecule has 68 valence electrons. The quantitative estimate of drug-likeness (QED) is 0.584. The summed E-state index contributed by atoms with van der Waals surface area (Å²) >= 11 is 0. The molecular weight excluding hydrogens is 138 g/mol. The van der Waals surface area contributed by atoms with Crippen LogP contribution in [0.25, 0.3) is 0 Å². The van der Waals surface area contributed by atoms with E-state index in [0.717, 1.165) is 6.42 Å². The fraction of sp³-hybridized carbons (Fsp3) is 1.00. The van der Waals surface area contributed by atoms with E-state index in [1.807, 2.05) is 14.1 Å². The first-order chi connectivity index (χ1) is 4.90. The summed E-state index contributed by atoms with van der Waals surface area (Å²) in [6.07, 6.45) is 1.15. The van der Waals surface area contributed by atoms with Crippen LogP contribution in [-0.4, -0.2) is 24.8 Å². The molecule has 0 radical (unpaired) electrons. The highest BCUT2D eigenvalue weighted by Crippen LogP contribution is 2.23. The van der Waals surface area contributed by atoms with Crippen molar-refractivity contribution in [1.82, 2.24) is 5.06 Å². The second kappa shape index (κ2) is 4.07. The summed E-state index contributed by atoms with van der Waals surface area (Å²) in [5, 5.41) is 1.77. The summed E-state index contributed by atoms with van der Waals surface area (Å²) in [7, 11) is 3.84. The third-order valence-electron chi connectivity index (χ3n) is 2.22. The minimum atomic E-state index is -0.0434. The van der Waals surface area contributed by atoms with E-state index in [1.54, 1.807) is 5.06 Å². The first-order valence-electron chi connectivity index (χ1n) is 4.26. The Balaban J connectivity index is 3.98. The zero-order valence-corrected chi connectivity index (χ0v) is 8.64. The van der Waals surface area contributed by atoms with E-state index in [2.05, 4.69) is 27.7 Å². The van der Waals surface area contributed by atoms with Crippen LogP contribution in [0.4, 0.5) is 0 Å². The van der Waals surface area contributed by atoms with Gasteiger partial charge < -0.3 is 0 Å². The fourth-order valence-electron chi connectivity index (χ4n) is 1.05. The number of hydroxylamine groups is 2. The molecule has 0 bridgehead atoms. The molecule has 0 aromatic heterocycles. The van der Waals surface area contributed by atoms with Gasteiger partial charge in [-0.25, -0.2) is 0 Å². The predicted molar refractivity (Wildman–Crippen MR) is 48.3 cm³/mol. The zero-order chi connectivity index (χ0) is 9.07. The Morgan fingerprint density at radius 2 is 1.82 bits per heavy atom. The Morgan fingerprint density at radius 1 is 1.36 bits per heavy atom. The van der Waals surface area contributed by atoms with Gasteiger partial charge >= 0.3 is 0 Å². The van der Waals surface area contributed by atoms with Crippen LogP contribution in [-0.2, 0) is 4.84 Å². The molecular formula is C9H21NO. The lowest BCUT2D eigenvalue weighted by Crippen LogP contribution is -2.37. The lowest BCUT2D eigenvalue weighted by atomic mass is 9.91. The number of rotatable bonds is 4. The molecule has 1 atom stereocenters. The molecule has 1 unspecified atom stereocenters. The van der Waals surface area contributed by atoms with Crippen LogP contribution in [0, 0.1) is 5.92 Å². The van der Waals surface area contributed by atoms with E-state index in [9.17, 15) is 0 Å². The van der Waals surface area contributed by atoms with Crippen LogP contribution in [0.1, 0.15) is 34.1 Å². The van der Waals surface area contributed by atoms with Crippen molar-refractivity contribution in [3.63, 3.8) is 0 Å². The molecule has 0 saturated heterocycles. The number of nitrogens with zero attached hydrogens (tertiary/aromatic N) is 1. The largest absolute Gasteiger partial charge is 0.293 e. The lowest BCUT2D eigenvalue weighted by molar-refractivity contribution is -0.224. The molecule has 0 fully saturated rings. The van der Waals surface area contributed by atoms with Gasteiger partial charge in [0.2, 0.25) is 0 Å². The Labute approximate surface area is 70.5 Å². The fourth-order valence-corrected chi connectivity index (χ4v) is 1.05. The average molecular weight is 159 g/mol. The predicted octanol–water partition coefficient (Wildman–Crippen LogP) is 2.30. The second-order valence-corrected chi connectivity index (χ2v) is 3.82. The van der Waals surface area contributed by atoms with Crippen LogP contribution < -0.4 is 0 Å². The number of hydrogen-bond donors (Lipinski definition) is 0. The van der Waals surface area contributed by atoms with Crippen molar-refractivity contribution in [3.8, 4) is 0 Å². The van der Waals surface area contributed by atoms with Crippen molar-refractivity contribution in [2.45, 2.75) is 39.7 Å². The first kappa shape index (κ1) is 10.9. The topological polar surface area (TPSA) is 12.5 Å². The van der Waals surface area contributed by atoms with E-state index in [-0.39, 0.29) is 5.60 Å². The van der Waals surface area contributed by atoms with E-state index in [4.69, 9.17) is 4.84 Å². The van der Waals surface area contributed by atoms with Crippen molar-refractivity contribution < 1.29 is 4.84 Å². The highest BCUT2D eigenvalue weighted by Gasteiger charge is 2.26. The Morgan fingerprint density at radius 3 is 2.09 bits per heavy atom. The third kappa shape index (κ3) is 3.73. The van der Waals surface area contributed by atoms with Gasteiger partial charge in [0.25, 0.3) is 0 Å². The van der Waals surface area contributed by atoms with Crippen LogP contribution in [0.5, 0.6) is 0 Å². The summed E-state index contributed by atoms with van der Waals surface area (Å²) in [6.45, 7) is 8.65. The number of hydrogen-bond acceptors (Lipinski definition) is 2. The molecule has 0 saturated carbocycles. The monoisotopic (exact) mass is 159 g/mol. The van der Waals surface area contributed by atoms with Crippen LogP contribution in [0.15, 0.2) is 0 Å². The van der Waals surface area contributed by atoms with Gasteiger partial charge in [-0.05, 0) is 19.8 Å². The van der Waals surface area contributed by atoms with Crippen molar-refractivity contribution in [2.24, 2.45) is 5.92 Å². The van der Waals surface area contributed by atoms with Gasteiger partial charge in [0.15, 0.2) is 0 Å². The maximum absolute atomic E-state index is 5.62. The molecule has 2 nitrogen and oxygen atoms in total. The highest BCUT2D eigenvalue weighted by molar-refractivity contribution is 4.73. The molecule has 0 aromatic rings. The molecule has 0 aliphatic carbocycles. The molecule has 0 spiro atoms. The molecule has 2 heteroatoms. The van der Waals surface area contributed by atoms with Gasteiger partial charge in [-0.1, -0.05) is 20.3 Å². The highest BCUT2D eigenvalue weighted by atomic mass is 16.7. The molecule has 0 rings (SSSR count). The molecule has 11 heavy (non-hydrogen) atoms.